The zero-order valence-electron chi connectivity index (χ0n) is 24.2. The molecular formula is C31H31BrN4O5S. The van der Waals surface area contributed by atoms with E-state index in [1.54, 1.807) is 50.1 Å². The van der Waals surface area contributed by atoms with E-state index >= 15 is 0 Å². The first-order valence-electron chi connectivity index (χ1n) is 13.5. The van der Waals surface area contributed by atoms with E-state index in [-0.39, 0.29) is 17.7 Å². The van der Waals surface area contributed by atoms with Gasteiger partial charge in [-0.1, -0.05) is 27.3 Å². The molecule has 0 bridgehead atoms. The predicted molar refractivity (Wildman–Crippen MR) is 165 cm³/mol. The fourth-order valence-corrected chi connectivity index (χ4v) is 6.81. The number of thiazole rings is 1. The Labute approximate surface area is 255 Å². The first kappa shape index (κ1) is 29.5. The molecule has 5 rings (SSSR count). The van der Waals surface area contributed by atoms with Crippen molar-refractivity contribution < 1.29 is 19.0 Å². The second kappa shape index (κ2) is 12.1. The maximum atomic E-state index is 14.2. The SMILES string of the molecule is CCOC(=O)C1=C(C)N=c2s/c(=C/c3cc(C)n(-c4cccnc4)c3C)c(=O)n2[C@H]1c1cc(OC)c(OCC)cc1Br. The van der Waals surface area contributed by atoms with Gasteiger partial charge >= 0.3 is 5.97 Å². The molecule has 218 valence electrons. The summed E-state index contributed by atoms with van der Waals surface area (Å²) in [6, 6.07) is 8.71. The minimum atomic E-state index is -0.802. The van der Waals surface area contributed by atoms with Crippen molar-refractivity contribution in [2.24, 2.45) is 4.99 Å². The molecule has 0 amide bonds. The Morgan fingerprint density at radius 2 is 1.93 bits per heavy atom. The Hall–Kier alpha value is -3.96. The lowest BCUT2D eigenvalue weighted by atomic mass is 9.95. The van der Waals surface area contributed by atoms with Crippen LogP contribution in [0.3, 0.4) is 0 Å². The summed E-state index contributed by atoms with van der Waals surface area (Å²) in [4.78, 5) is 36.9. The number of aromatic nitrogens is 3. The molecule has 1 atom stereocenters. The van der Waals surface area contributed by atoms with Crippen molar-refractivity contribution in [3.05, 3.63) is 101 Å². The van der Waals surface area contributed by atoms with Gasteiger partial charge in [0.2, 0.25) is 0 Å². The van der Waals surface area contributed by atoms with Crippen molar-refractivity contribution in [2.45, 2.75) is 40.7 Å². The van der Waals surface area contributed by atoms with Gasteiger partial charge < -0.3 is 18.8 Å². The molecule has 1 aliphatic rings. The molecule has 3 aromatic heterocycles. The number of fused-ring (bicyclic) bond motifs is 1. The molecule has 0 unspecified atom stereocenters. The molecular weight excluding hydrogens is 620 g/mol. The molecule has 0 spiro atoms. The molecule has 1 aliphatic heterocycles. The van der Waals surface area contributed by atoms with E-state index in [2.05, 4.69) is 25.5 Å². The number of methoxy groups -OCH3 is 1. The van der Waals surface area contributed by atoms with E-state index < -0.39 is 12.0 Å². The van der Waals surface area contributed by atoms with Crippen molar-refractivity contribution in [3.63, 3.8) is 0 Å². The van der Waals surface area contributed by atoms with Crippen LogP contribution in [0.4, 0.5) is 0 Å². The summed E-state index contributed by atoms with van der Waals surface area (Å²) in [6.45, 7) is 10.1. The van der Waals surface area contributed by atoms with E-state index in [4.69, 9.17) is 19.2 Å². The molecule has 0 aliphatic carbocycles. The lowest BCUT2D eigenvalue weighted by Crippen LogP contribution is -2.40. The van der Waals surface area contributed by atoms with Gasteiger partial charge in [0.15, 0.2) is 16.3 Å². The third-order valence-electron chi connectivity index (χ3n) is 7.06. The summed E-state index contributed by atoms with van der Waals surface area (Å²) in [5.41, 5.74) is 5.01. The number of hydrogen-bond acceptors (Lipinski definition) is 8. The summed E-state index contributed by atoms with van der Waals surface area (Å²) in [5.74, 6) is 0.501. The van der Waals surface area contributed by atoms with Crippen LogP contribution in [0.15, 0.2) is 68.3 Å². The van der Waals surface area contributed by atoms with Crippen molar-refractivity contribution in [2.75, 3.05) is 20.3 Å². The normalized spacial score (nSPS) is 14.9. The van der Waals surface area contributed by atoms with Crippen LogP contribution >= 0.6 is 27.3 Å². The Morgan fingerprint density at radius 1 is 1.14 bits per heavy atom. The quantitative estimate of drug-likeness (QED) is 0.255. The number of benzene rings is 1. The van der Waals surface area contributed by atoms with Crippen LogP contribution in [-0.2, 0) is 9.53 Å². The number of ether oxygens (including phenoxy) is 3. The number of hydrogen-bond donors (Lipinski definition) is 0. The molecule has 1 aromatic carbocycles. The first-order chi connectivity index (χ1) is 20.2. The van der Waals surface area contributed by atoms with Crippen molar-refractivity contribution in [1.29, 1.82) is 0 Å². The Kier molecular flexibility index (Phi) is 8.51. The highest BCUT2D eigenvalue weighted by molar-refractivity contribution is 9.10. The Morgan fingerprint density at radius 3 is 2.60 bits per heavy atom. The van der Waals surface area contributed by atoms with Gasteiger partial charge in [-0.05, 0) is 82.2 Å². The van der Waals surface area contributed by atoms with Gasteiger partial charge in [-0.15, -0.1) is 0 Å². The van der Waals surface area contributed by atoms with Crippen LogP contribution in [0, 0.1) is 13.8 Å². The second-order valence-electron chi connectivity index (χ2n) is 9.63. The van der Waals surface area contributed by atoms with Gasteiger partial charge in [0.05, 0.1) is 54.1 Å². The number of rotatable bonds is 8. The minimum Gasteiger partial charge on any atom is -0.493 e. The molecule has 4 heterocycles. The third kappa shape index (κ3) is 5.22. The topological polar surface area (TPSA) is 96.9 Å². The lowest BCUT2D eigenvalue weighted by Gasteiger charge is -2.26. The van der Waals surface area contributed by atoms with Crippen LogP contribution in [-0.4, -0.2) is 40.4 Å². The largest absolute Gasteiger partial charge is 0.493 e. The van der Waals surface area contributed by atoms with Crippen LogP contribution < -0.4 is 24.4 Å². The lowest BCUT2D eigenvalue weighted by molar-refractivity contribution is -0.139. The fourth-order valence-electron chi connectivity index (χ4n) is 5.23. The summed E-state index contributed by atoms with van der Waals surface area (Å²) in [6.07, 6.45) is 5.42. The van der Waals surface area contributed by atoms with Gasteiger partial charge in [0.25, 0.3) is 5.56 Å². The number of esters is 1. The Bertz CT molecular complexity index is 1890. The molecule has 0 radical (unpaired) electrons. The van der Waals surface area contributed by atoms with Crippen molar-refractivity contribution in [3.8, 4) is 17.2 Å². The van der Waals surface area contributed by atoms with E-state index in [1.165, 1.54) is 11.3 Å². The highest BCUT2D eigenvalue weighted by Gasteiger charge is 2.35. The first-order valence-corrected chi connectivity index (χ1v) is 15.1. The van der Waals surface area contributed by atoms with Crippen LogP contribution in [0.25, 0.3) is 11.8 Å². The number of carbonyl (C=O) groups is 1. The zero-order valence-corrected chi connectivity index (χ0v) is 26.6. The third-order valence-corrected chi connectivity index (χ3v) is 8.73. The molecule has 4 aromatic rings. The highest BCUT2D eigenvalue weighted by atomic mass is 79.9. The van der Waals surface area contributed by atoms with Gasteiger partial charge in [0.1, 0.15) is 0 Å². The maximum Gasteiger partial charge on any atom is 0.338 e. The van der Waals surface area contributed by atoms with E-state index in [1.807, 2.05) is 45.0 Å². The van der Waals surface area contributed by atoms with E-state index in [0.717, 1.165) is 22.6 Å². The second-order valence-corrected chi connectivity index (χ2v) is 11.5. The molecule has 0 fully saturated rings. The number of pyridine rings is 1. The smallest absolute Gasteiger partial charge is 0.338 e. The highest BCUT2D eigenvalue weighted by Crippen LogP contribution is 2.41. The van der Waals surface area contributed by atoms with Crippen LogP contribution in [0.2, 0.25) is 0 Å². The molecule has 0 saturated heterocycles. The van der Waals surface area contributed by atoms with Crippen LogP contribution in [0.5, 0.6) is 11.5 Å². The number of halogens is 1. The molecule has 0 N–H and O–H groups in total. The van der Waals surface area contributed by atoms with Gasteiger partial charge in [-0.2, -0.15) is 0 Å². The average molecular weight is 652 g/mol. The summed E-state index contributed by atoms with van der Waals surface area (Å²) >= 11 is 4.94. The number of aryl methyl sites for hydroxylation is 1. The van der Waals surface area contributed by atoms with Crippen LogP contribution in [0.1, 0.15) is 49.3 Å². The fraction of sp³-hybridized carbons (Fsp3) is 0.290. The van der Waals surface area contributed by atoms with Gasteiger partial charge in [-0.25, -0.2) is 9.79 Å². The van der Waals surface area contributed by atoms with Crippen molar-refractivity contribution >= 4 is 39.3 Å². The monoisotopic (exact) mass is 650 g/mol. The predicted octanol–water partition coefficient (Wildman–Crippen LogP) is 4.77. The number of allylic oxidation sites excluding steroid dienone is 1. The van der Waals surface area contributed by atoms with E-state index in [9.17, 15) is 9.59 Å². The number of nitrogens with zero attached hydrogens (tertiary/aromatic N) is 4. The molecule has 0 saturated carbocycles. The maximum absolute atomic E-state index is 14.2. The molecule has 9 nitrogen and oxygen atoms in total. The zero-order chi connectivity index (χ0) is 30.1. The van der Waals surface area contributed by atoms with Gasteiger partial charge in [0, 0.05) is 22.1 Å². The standard InChI is InChI=1S/C31H31BrN4O5S/c1-7-40-25-15-23(32)22(14-24(25)39-6)28-27(30(38)41-8-2)18(4)34-31-36(28)29(37)26(42-31)13-20-12-17(3)35(19(20)5)21-10-9-11-33-16-21/h9-16,28H,7-8H2,1-6H3/b26-13+/t28-/m0/s1. The molecule has 42 heavy (non-hydrogen) atoms. The summed E-state index contributed by atoms with van der Waals surface area (Å²) in [7, 11) is 1.55. The van der Waals surface area contributed by atoms with Crippen molar-refractivity contribution in [1.82, 2.24) is 14.1 Å². The summed E-state index contributed by atoms with van der Waals surface area (Å²) < 4.78 is 21.6. The van der Waals surface area contributed by atoms with Gasteiger partial charge in [-0.3, -0.25) is 14.3 Å². The Balaban J connectivity index is 1.73. The average Bonchev–Trinajstić information content (AvgIpc) is 3.42. The number of carbonyl (C=O) groups excluding carboxylic acids is 1. The minimum absolute atomic E-state index is 0.188. The molecule has 11 heteroatoms. The summed E-state index contributed by atoms with van der Waals surface area (Å²) in [5, 5.41) is 0. The van der Waals surface area contributed by atoms with E-state index in [0.29, 0.717) is 43.2 Å².